The molecule has 0 saturated carbocycles. The molecule has 0 amide bonds. The number of carbonyl (C=O) groups is 1. The van der Waals surface area contributed by atoms with Crippen LogP contribution in [0.2, 0.25) is 0 Å². The lowest BCUT2D eigenvalue weighted by Gasteiger charge is -2.06. The lowest BCUT2D eigenvalue weighted by Crippen LogP contribution is -2.02. The Hall–Kier alpha value is -2.49. The van der Waals surface area contributed by atoms with E-state index in [1.54, 1.807) is 24.7 Å². The van der Waals surface area contributed by atoms with Crippen molar-refractivity contribution in [3.05, 3.63) is 53.6 Å². The van der Waals surface area contributed by atoms with Crippen LogP contribution >= 0.6 is 0 Å². The first kappa shape index (κ1) is 13.0. The van der Waals surface area contributed by atoms with Gasteiger partial charge in [-0.1, -0.05) is 11.6 Å². The van der Waals surface area contributed by atoms with Crippen molar-refractivity contribution in [1.29, 1.82) is 0 Å². The number of hydrogen-bond donors (Lipinski definition) is 0. The molecule has 19 heavy (non-hydrogen) atoms. The zero-order valence-electron chi connectivity index (χ0n) is 10.8. The van der Waals surface area contributed by atoms with Crippen LogP contribution < -0.4 is 4.74 Å². The van der Waals surface area contributed by atoms with Gasteiger partial charge < -0.3 is 4.74 Å². The molecule has 0 atom stereocenters. The molecule has 2 rings (SSSR count). The van der Waals surface area contributed by atoms with Crippen LogP contribution in [0, 0.1) is 6.92 Å². The molecule has 2 aromatic rings. The first-order valence-electron chi connectivity index (χ1n) is 5.88. The number of aryl methyl sites for hydroxylation is 1. The molecule has 0 unspecified atom stereocenters. The summed E-state index contributed by atoms with van der Waals surface area (Å²) >= 11 is 0. The van der Waals surface area contributed by atoms with E-state index in [1.165, 1.54) is 6.92 Å². The second-order valence-electron chi connectivity index (χ2n) is 4.10. The third-order valence-electron chi connectivity index (χ3n) is 2.44. The smallest absolute Gasteiger partial charge is 0.308 e. The van der Waals surface area contributed by atoms with E-state index in [1.807, 2.05) is 31.2 Å². The highest BCUT2D eigenvalue weighted by Gasteiger charge is 2.04. The van der Waals surface area contributed by atoms with Crippen LogP contribution in [-0.2, 0) is 4.79 Å². The summed E-state index contributed by atoms with van der Waals surface area (Å²) in [6, 6.07) is 5.64. The molecule has 0 saturated heterocycles. The highest BCUT2D eigenvalue weighted by molar-refractivity contribution is 5.75. The number of aromatic nitrogens is 2. The zero-order valence-corrected chi connectivity index (χ0v) is 10.8. The summed E-state index contributed by atoms with van der Waals surface area (Å²) in [5.41, 5.74) is 2.67. The van der Waals surface area contributed by atoms with Gasteiger partial charge in [-0.15, -0.1) is 0 Å². The Bertz CT molecular complexity index is 607. The largest absolute Gasteiger partial charge is 0.426 e. The van der Waals surface area contributed by atoms with Gasteiger partial charge in [-0.3, -0.25) is 14.8 Å². The molecule has 0 aliphatic heterocycles. The summed E-state index contributed by atoms with van der Waals surface area (Å²) in [5, 5.41) is 0. The van der Waals surface area contributed by atoms with Crippen molar-refractivity contribution in [2.24, 2.45) is 0 Å². The van der Waals surface area contributed by atoms with Crippen molar-refractivity contribution in [2.75, 3.05) is 0 Å². The number of benzene rings is 1. The van der Waals surface area contributed by atoms with Crippen LogP contribution in [0.4, 0.5) is 0 Å². The highest BCUT2D eigenvalue weighted by Crippen LogP contribution is 2.22. The molecule has 96 valence electrons. The molecule has 0 bridgehead atoms. The number of rotatable bonds is 3. The van der Waals surface area contributed by atoms with Gasteiger partial charge in [0.25, 0.3) is 0 Å². The predicted molar refractivity (Wildman–Crippen MR) is 73.4 cm³/mol. The Labute approximate surface area is 111 Å². The number of nitrogens with zero attached hydrogens (tertiary/aromatic N) is 2. The fourth-order valence-electron chi connectivity index (χ4n) is 1.62. The van der Waals surface area contributed by atoms with Gasteiger partial charge in [0, 0.05) is 24.9 Å². The maximum absolute atomic E-state index is 11.1. The standard InChI is InChI=1S/C15H14N2O2/c1-11-3-6-15(19-12(2)18)13(9-11)4-5-14-10-16-7-8-17-14/h3-10H,1-2H3/b5-4+. The quantitative estimate of drug-likeness (QED) is 0.624. The zero-order chi connectivity index (χ0) is 13.7. The third kappa shape index (κ3) is 3.74. The van der Waals surface area contributed by atoms with Crippen LogP contribution in [0.3, 0.4) is 0 Å². The Morgan fingerprint density at radius 3 is 2.79 bits per heavy atom. The maximum Gasteiger partial charge on any atom is 0.308 e. The minimum absolute atomic E-state index is 0.335. The molecule has 1 aromatic carbocycles. The van der Waals surface area contributed by atoms with E-state index in [4.69, 9.17) is 4.74 Å². The van der Waals surface area contributed by atoms with Gasteiger partial charge in [-0.2, -0.15) is 0 Å². The van der Waals surface area contributed by atoms with Crippen molar-refractivity contribution in [2.45, 2.75) is 13.8 Å². The first-order chi connectivity index (χ1) is 9.15. The van der Waals surface area contributed by atoms with E-state index >= 15 is 0 Å². The van der Waals surface area contributed by atoms with Gasteiger partial charge in [0.15, 0.2) is 0 Å². The summed E-state index contributed by atoms with van der Waals surface area (Å²) in [5.74, 6) is 0.205. The van der Waals surface area contributed by atoms with Crippen LogP contribution in [0.1, 0.15) is 23.7 Å². The molecule has 1 aromatic heterocycles. The molecule has 0 aliphatic rings. The van der Waals surface area contributed by atoms with E-state index in [9.17, 15) is 4.79 Å². The number of esters is 1. The lowest BCUT2D eigenvalue weighted by molar-refractivity contribution is -0.131. The number of hydrogen-bond acceptors (Lipinski definition) is 4. The Kier molecular flexibility index (Phi) is 4.03. The van der Waals surface area contributed by atoms with Gasteiger partial charge in [-0.25, -0.2) is 0 Å². The van der Waals surface area contributed by atoms with Gasteiger partial charge >= 0.3 is 5.97 Å². The van der Waals surface area contributed by atoms with Crippen LogP contribution in [0.25, 0.3) is 12.2 Å². The second kappa shape index (κ2) is 5.91. The Balaban J connectivity index is 2.30. The van der Waals surface area contributed by atoms with E-state index in [-0.39, 0.29) is 5.97 Å². The maximum atomic E-state index is 11.1. The fraction of sp³-hybridized carbons (Fsp3) is 0.133. The predicted octanol–water partition coefficient (Wildman–Crippen LogP) is 2.88. The van der Waals surface area contributed by atoms with Crippen molar-refractivity contribution in [3.8, 4) is 5.75 Å². The molecule has 4 heteroatoms. The molecule has 0 N–H and O–H groups in total. The molecule has 0 spiro atoms. The van der Waals surface area contributed by atoms with Crippen molar-refractivity contribution < 1.29 is 9.53 Å². The fourth-order valence-corrected chi connectivity index (χ4v) is 1.62. The third-order valence-corrected chi connectivity index (χ3v) is 2.44. The molecule has 4 nitrogen and oxygen atoms in total. The summed E-state index contributed by atoms with van der Waals surface area (Å²) in [7, 11) is 0. The SMILES string of the molecule is CC(=O)Oc1ccc(C)cc1/C=C/c1cnccn1. The Morgan fingerprint density at radius 1 is 1.26 bits per heavy atom. The van der Waals surface area contributed by atoms with E-state index in [0.29, 0.717) is 5.75 Å². The minimum Gasteiger partial charge on any atom is -0.426 e. The lowest BCUT2D eigenvalue weighted by atomic mass is 10.1. The van der Waals surface area contributed by atoms with Crippen LogP contribution in [0.5, 0.6) is 5.75 Å². The van der Waals surface area contributed by atoms with Crippen molar-refractivity contribution in [1.82, 2.24) is 9.97 Å². The average Bonchev–Trinajstić information content (AvgIpc) is 2.40. The molecular formula is C15H14N2O2. The highest BCUT2D eigenvalue weighted by atomic mass is 16.5. The molecule has 0 fully saturated rings. The summed E-state index contributed by atoms with van der Waals surface area (Å²) in [6.45, 7) is 3.37. The monoisotopic (exact) mass is 254 g/mol. The average molecular weight is 254 g/mol. The van der Waals surface area contributed by atoms with Crippen LogP contribution in [0.15, 0.2) is 36.8 Å². The van der Waals surface area contributed by atoms with Crippen molar-refractivity contribution in [3.63, 3.8) is 0 Å². The van der Waals surface area contributed by atoms with E-state index in [0.717, 1.165) is 16.8 Å². The summed E-state index contributed by atoms with van der Waals surface area (Å²) < 4.78 is 5.16. The Morgan fingerprint density at radius 2 is 2.11 bits per heavy atom. The first-order valence-corrected chi connectivity index (χ1v) is 5.88. The normalized spacial score (nSPS) is 10.6. The summed E-state index contributed by atoms with van der Waals surface area (Å²) in [4.78, 5) is 19.2. The second-order valence-corrected chi connectivity index (χ2v) is 4.10. The van der Waals surface area contributed by atoms with E-state index < -0.39 is 0 Å². The van der Waals surface area contributed by atoms with Gasteiger partial charge in [0.05, 0.1) is 11.9 Å². The van der Waals surface area contributed by atoms with Gasteiger partial charge in [0.1, 0.15) is 5.75 Å². The molecule has 1 heterocycles. The molecule has 0 aliphatic carbocycles. The summed E-state index contributed by atoms with van der Waals surface area (Å²) in [6.07, 6.45) is 8.60. The number of carbonyl (C=O) groups excluding carboxylic acids is 1. The van der Waals surface area contributed by atoms with Gasteiger partial charge in [-0.05, 0) is 31.2 Å². The minimum atomic E-state index is -0.335. The molecule has 0 radical (unpaired) electrons. The van der Waals surface area contributed by atoms with Gasteiger partial charge in [0.2, 0.25) is 0 Å². The topological polar surface area (TPSA) is 52.1 Å². The molecular weight excluding hydrogens is 240 g/mol. The van der Waals surface area contributed by atoms with E-state index in [2.05, 4.69) is 9.97 Å². The van der Waals surface area contributed by atoms with Crippen molar-refractivity contribution >= 4 is 18.1 Å². The number of ether oxygens (including phenoxy) is 1. The van der Waals surface area contributed by atoms with Crippen LogP contribution in [-0.4, -0.2) is 15.9 Å².